The first-order chi connectivity index (χ1) is 10.1. The molecular formula is C16H17Br2N3. The van der Waals surface area contributed by atoms with E-state index >= 15 is 0 Å². The Bertz CT molecular complexity index is 652. The van der Waals surface area contributed by atoms with Gasteiger partial charge >= 0.3 is 0 Å². The number of benzene rings is 1. The van der Waals surface area contributed by atoms with Gasteiger partial charge in [-0.05, 0) is 46.5 Å². The van der Waals surface area contributed by atoms with E-state index in [-0.39, 0.29) is 0 Å². The average Bonchev–Trinajstić information content (AvgIpc) is 2.96. The van der Waals surface area contributed by atoms with E-state index in [9.17, 15) is 0 Å². The van der Waals surface area contributed by atoms with E-state index in [1.165, 1.54) is 31.2 Å². The molecule has 0 bridgehead atoms. The number of hydrogen-bond acceptors (Lipinski definition) is 3. The van der Waals surface area contributed by atoms with Crippen molar-refractivity contribution >= 4 is 37.7 Å². The highest BCUT2D eigenvalue weighted by Crippen LogP contribution is 2.38. The fraction of sp³-hybridized carbons (Fsp3) is 0.375. The second-order valence-electron chi connectivity index (χ2n) is 5.51. The van der Waals surface area contributed by atoms with Crippen LogP contribution in [0.15, 0.2) is 33.2 Å². The van der Waals surface area contributed by atoms with Gasteiger partial charge in [-0.2, -0.15) is 0 Å². The molecule has 2 N–H and O–H groups in total. The van der Waals surface area contributed by atoms with Crippen LogP contribution in [0, 0.1) is 0 Å². The van der Waals surface area contributed by atoms with Gasteiger partial charge in [-0.1, -0.05) is 40.9 Å². The van der Waals surface area contributed by atoms with E-state index < -0.39 is 0 Å². The number of hydrogen-bond donors (Lipinski definition) is 1. The average molecular weight is 411 g/mol. The van der Waals surface area contributed by atoms with Crippen molar-refractivity contribution in [2.24, 2.45) is 0 Å². The molecule has 1 aromatic carbocycles. The molecule has 1 aromatic heterocycles. The van der Waals surface area contributed by atoms with E-state index in [0.29, 0.717) is 18.2 Å². The van der Waals surface area contributed by atoms with Crippen LogP contribution in [0.5, 0.6) is 0 Å². The number of rotatable bonds is 3. The molecule has 3 rings (SSSR count). The van der Waals surface area contributed by atoms with Crippen LogP contribution in [0.4, 0.5) is 5.82 Å². The van der Waals surface area contributed by atoms with Crippen molar-refractivity contribution in [3.05, 3.63) is 50.3 Å². The molecule has 5 heteroatoms. The molecule has 110 valence electrons. The van der Waals surface area contributed by atoms with Crippen LogP contribution in [-0.4, -0.2) is 9.97 Å². The topological polar surface area (TPSA) is 51.8 Å². The standard InChI is InChI=1S/C16H17Br2N3/c17-12-7-3-4-10(8-12)9-13-20-15(11-5-1-2-6-11)14(18)16(19)21-13/h3-4,7-8,11H,1-2,5-6,9H2,(H2,19,20,21). The Morgan fingerprint density at radius 1 is 1.14 bits per heavy atom. The summed E-state index contributed by atoms with van der Waals surface area (Å²) in [6.45, 7) is 0. The molecule has 0 spiro atoms. The molecular weight excluding hydrogens is 394 g/mol. The molecule has 0 aliphatic heterocycles. The molecule has 0 radical (unpaired) electrons. The lowest BCUT2D eigenvalue weighted by molar-refractivity contribution is 0.682. The molecule has 0 saturated heterocycles. The molecule has 2 aromatic rings. The van der Waals surface area contributed by atoms with Crippen LogP contribution in [0.1, 0.15) is 48.7 Å². The molecule has 1 saturated carbocycles. The molecule has 0 unspecified atom stereocenters. The van der Waals surface area contributed by atoms with Gasteiger partial charge in [-0.25, -0.2) is 9.97 Å². The maximum Gasteiger partial charge on any atom is 0.141 e. The number of halogens is 2. The van der Waals surface area contributed by atoms with Gasteiger partial charge in [0.05, 0.1) is 10.2 Å². The van der Waals surface area contributed by atoms with E-state index in [1.54, 1.807) is 0 Å². The maximum absolute atomic E-state index is 6.07. The summed E-state index contributed by atoms with van der Waals surface area (Å²) in [5.74, 6) is 1.87. The van der Waals surface area contributed by atoms with E-state index in [2.05, 4.69) is 49.0 Å². The Kier molecular flexibility index (Phi) is 4.60. The minimum Gasteiger partial charge on any atom is -0.383 e. The summed E-state index contributed by atoms with van der Waals surface area (Å²) in [5.41, 5.74) is 8.34. The van der Waals surface area contributed by atoms with Gasteiger partial charge in [0.1, 0.15) is 11.6 Å². The van der Waals surface area contributed by atoms with Gasteiger partial charge in [-0.3, -0.25) is 0 Å². The van der Waals surface area contributed by atoms with Crippen molar-refractivity contribution in [2.75, 3.05) is 5.73 Å². The predicted octanol–water partition coefficient (Wildman–Crippen LogP) is 4.83. The molecule has 0 amide bonds. The highest BCUT2D eigenvalue weighted by molar-refractivity contribution is 9.11. The fourth-order valence-corrected chi connectivity index (χ4v) is 3.86. The monoisotopic (exact) mass is 409 g/mol. The van der Waals surface area contributed by atoms with Crippen molar-refractivity contribution in [1.82, 2.24) is 9.97 Å². The summed E-state index contributed by atoms with van der Waals surface area (Å²) in [6, 6.07) is 8.22. The second kappa shape index (κ2) is 6.44. The van der Waals surface area contributed by atoms with E-state index in [1.807, 2.05) is 12.1 Å². The van der Waals surface area contributed by atoms with Gasteiger partial charge < -0.3 is 5.73 Å². The van der Waals surface area contributed by atoms with Crippen molar-refractivity contribution in [3.8, 4) is 0 Å². The molecule has 21 heavy (non-hydrogen) atoms. The Balaban J connectivity index is 1.92. The summed E-state index contributed by atoms with van der Waals surface area (Å²) in [6.07, 6.45) is 5.66. The zero-order chi connectivity index (χ0) is 14.8. The molecule has 1 aliphatic carbocycles. The SMILES string of the molecule is Nc1nc(Cc2cccc(Br)c2)nc(C2CCCC2)c1Br. The highest BCUT2D eigenvalue weighted by atomic mass is 79.9. The Hall–Kier alpha value is -0.940. The maximum atomic E-state index is 6.07. The Labute approximate surface area is 141 Å². The van der Waals surface area contributed by atoms with E-state index in [4.69, 9.17) is 10.7 Å². The number of nitrogens with zero attached hydrogens (tertiary/aromatic N) is 2. The van der Waals surface area contributed by atoms with Crippen molar-refractivity contribution in [2.45, 2.75) is 38.0 Å². The van der Waals surface area contributed by atoms with Gasteiger partial charge in [0.25, 0.3) is 0 Å². The van der Waals surface area contributed by atoms with Crippen LogP contribution >= 0.6 is 31.9 Å². The van der Waals surface area contributed by atoms with Crippen LogP contribution < -0.4 is 5.73 Å². The van der Waals surface area contributed by atoms with Crippen LogP contribution in [0.2, 0.25) is 0 Å². The quantitative estimate of drug-likeness (QED) is 0.787. The first-order valence-electron chi connectivity index (χ1n) is 7.19. The summed E-state index contributed by atoms with van der Waals surface area (Å²) >= 11 is 7.06. The van der Waals surface area contributed by atoms with Gasteiger partial charge in [0.2, 0.25) is 0 Å². The number of nitrogens with two attached hydrogens (primary N) is 1. The molecule has 3 nitrogen and oxygen atoms in total. The zero-order valence-electron chi connectivity index (χ0n) is 11.6. The first-order valence-corrected chi connectivity index (χ1v) is 8.78. The second-order valence-corrected chi connectivity index (χ2v) is 7.22. The van der Waals surface area contributed by atoms with Gasteiger partial charge in [0.15, 0.2) is 0 Å². The lowest BCUT2D eigenvalue weighted by Crippen LogP contribution is -2.08. The minimum atomic E-state index is 0.519. The number of anilines is 1. The lowest BCUT2D eigenvalue weighted by atomic mass is 10.0. The summed E-state index contributed by atoms with van der Waals surface area (Å²) in [5, 5.41) is 0. The number of nitrogen functional groups attached to an aromatic ring is 1. The zero-order valence-corrected chi connectivity index (χ0v) is 14.8. The molecule has 1 aliphatic rings. The highest BCUT2D eigenvalue weighted by Gasteiger charge is 2.23. The van der Waals surface area contributed by atoms with Crippen molar-refractivity contribution in [1.29, 1.82) is 0 Å². The summed E-state index contributed by atoms with van der Waals surface area (Å²) in [7, 11) is 0. The van der Waals surface area contributed by atoms with E-state index in [0.717, 1.165) is 20.5 Å². The summed E-state index contributed by atoms with van der Waals surface area (Å²) < 4.78 is 1.95. The van der Waals surface area contributed by atoms with Crippen LogP contribution in [0.25, 0.3) is 0 Å². The number of aromatic nitrogens is 2. The van der Waals surface area contributed by atoms with Gasteiger partial charge in [0, 0.05) is 16.8 Å². The van der Waals surface area contributed by atoms with Crippen molar-refractivity contribution < 1.29 is 0 Å². The molecule has 1 heterocycles. The fourth-order valence-electron chi connectivity index (χ4n) is 2.91. The molecule has 1 fully saturated rings. The lowest BCUT2D eigenvalue weighted by Gasteiger charge is -2.14. The smallest absolute Gasteiger partial charge is 0.141 e. The third-order valence-electron chi connectivity index (χ3n) is 3.94. The van der Waals surface area contributed by atoms with Gasteiger partial charge in [-0.15, -0.1) is 0 Å². The minimum absolute atomic E-state index is 0.519. The first kappa shape index (κ1) is 15.0. The third kappa shape index (κ3) is 3.46. The Morgan fingerprint density at radius 2 is 1.90 bits per heavy atom. The Morgan fingerprint density at radius 3 is 2.62 bits per heavy atom. The third-order valence-corrected chi connectivity index (χ3v) is 5.25. The van der Waals surface area contributed by atoms with Crippen LogP contribution in [-0.2, 0) is 6.42 Å². The van der Waals surface area contributed by atoms with Crippen LogP contribution in [0.3, 0.4) is 0 Å². The molecule has 0 atom stereocenters. The van der Waals surface area contributed by atoms with Crippen molar-refractivity contribution in [3.63, 3.8) is 0 Å². The predicted molar refractivity (Wildman–Crippen MR) is 92.3 cm³/mol. The summed E-state index contributed by atoms with van der Waals surface area (Å²) in [4.78, 5) is 9.22. The largest absolute Gasteiger partial charge is 0.383 e. The normalized spacial score (nSPS) is 15.5.